The maximum absolute atomic E-state index is 12.1. The molecule has 0 aliphatic rings. The number of esters is 1. The Morgan fingerprint density at radius 1 is 1.26 bits per heavy atom. The summed E-state index contributed by atoms with van der Waals surface area (Å²) < 4.78 is 15.5. The van der Waals surface area contributed by atoms with Gasteiger partial charge in [0.1, 0.15) is 11.3 Å². The molecule has 3 rings (SSSR count). The second-order valence-electron chi connectivity index (χ2n) is 4.91. The lowest BCUT2D eigenvalue weighted by Crippen LogP contribution is -2.24. The first-order valence-corrected chi connectivity index (χ1v) is 7.82. The SMILES string of the molecule is COC(=O)C(C)Oc1ccc2cc(-c3cccs3)c(=O)oc2c1. The summed E-state index contributed by atoms with van der Waals surface area (Å²) in [7, 11) is 1.30. The Morgan fingerprint density at radius 3 is 2.78 bits per heavy atom. The van der Waals surface area contributed by atoms with Crippen molar-refractivity contribution < 1.29 is 18.7 Å². The molecule has 0 amide bonds. The van der Waals surface area contributed by atoms with E-state index in [0.29, 0.717) is 16.9 Å². The summed E-state index contributed by atoms with van der Waals surface area (Å²) >= 11 is 1.48. The Hall–Kier alpha value is -2.60. The van der Waals surface area contributed by atoms with Gasteiger partial charge in [0.05, 0.1) is 12.7 Å². The molecule has 2 heterocycles. The summed E-state index contributed by atoms with van der Waals surface area (Å²) in [5.41, 5.74) is 0.534. The van der Waals surface area contributed by atoms with E-state index in [0.717, 1.165) is 10.3 Å². The molecule has 0 saturated carbocycles. The molecule has 0 aliphatic heterocycles. The molecule has 1 aromatic carbocycles. The van der Waals surface area contributed by atoms with Gasteiger partial charge >= 0.3 is 11.6 Å². The van der Waals surface area contributed by atoms with Crippen LogP contribution in [0.4, 0.5) is 0 Å². The number of benzene rings is 1. The fourth-order valence-corrected chi connectivity index (χ4v) is 2.92. The van der Waals surface area contributed by atoms with Crippen LogP contribution >= 0.6 is 11.3 Å². The molecule has 1 unspecified atom stereocenters. The fraction of sp³-hybridized carbons (Fsp3) is 0.176. The second kappa shape index (κ2) is 6.26. The minimum Gasteiger partial charge on any atom is -0.479 e. The molecule has 2 aromatic heterocycles. The fourth-order valence-electron chi connectivity index (χ4n) is 2.19. The van der Waals surface area contributed by atoms with Crippen LogP contribution in [0.3, 0.4) is 0 Å². The molecule has 0 radical (unpaired) electrons. The summed E-state index contributed by atoms with van der Waals surface area (Å²) in [6.45, 7) is 1.59. The average molecular weight is 330 g/mol. The summed E-state index contributed by atoms with van der Waals surface area (Å²) in [5.74, 6) is -0.0398. The van der Waals surface area contributed by atoms with Gasteiger partial charge in [0.15, 0.2) is 6.10 Å². The molecule has 0 N–H and O–H groups in total. The van der Waals surface area contributed by atoms with Crippen molar-refractivity contribution in [2.24, 2.45) is 0 Å². The molecular formula is C17H14O5S. The minimum atomic E-state index is -0.741. The molecular weight excluding hydrogens is 316 g/mol. The van der Waals surface area contributed by atoms with E-state index in [1.807, 2.05) is 17.5 Å². The van der Waals surface area contributed by atoms with Crippen LogP contribution in [-0.4, -0.2) is 19.2 Å². The van der Waals surface area contributed by atoms with Crippen molar-refractivity contribution in [3.05, 3.63) is 52.2 Å². The van der Waals surface area contributed by atoms with Crippen molar-refractivity contribution in [3.63, 3.8) is 0 Å². The first-order valence-electron chi connectivity index (χ1n) is 6.95. The maximum atomic E-state index is 12.1. The number of thiophene rings is 1. The summed E-state index contributed by atoms with van der Waals surface area (Å²) in [6.07, 6.45) is -0.741. The highest BCUT2D eigenvalue weighted by molar-refractivity contribution is 7.13. The molecule has 3 aromatic rings. The quantitative estimate of drug-likeness (QED) is 0.541. The number of hydrogen-bond acceptors (Lipinski definition) is 6. The van der Waals surface area contributed by atoms with Gasteiger partial charge in [-0.15, -0.1) is 11.3 Å². The smallest absolute Gasteiger partial charge is 0.346 e. The van der Waals surface area contributed by atoms with Gasteiger partial charge in [0.25, 0.3) is 0 Å². The number of rotatable bonds is 4. The normalized spacial score (nSPS) is 12.1. The zero-order chi connectivity index (χ0) is 16.4. The molecule has 0 saturated heterocycles. The summed E-state index contributed by atoms with van der Waals surface area (Å²) in [6, 6.07) is 10.6. The molecule has 1 atom stereocenters. The lowest BCUT2D eigenvalue weighted by molar-refractivity contribution is -0.147. The van der Waals surface area contributed by atoms with Gasteiger partial charge in [-0.2, -0.15) is 0 Å². The Morgan fingerprint density at radius 2 is 2.09 bits per heavy atom. The van der Waals surface area contributed by atoms with Gasteiger partial charge in [-0.05, 0) is 36.6 Å². The Bertz CT molecular complexity index is 895. The van der Waals surface area contributed by atoms with Gasteiger partial charge in [-0.25, -0.2) is 9.59 Å². The highest BCUT2D eigenvalue weighted by Crippen LogP contribution is 2.27. The lowest BCUT2D eigenvalue weighted by atomic mass is 10.1. The highest BCUT2D eigenvalue weighted by Gasteiger charge is 2.15. The first-order chi connectivity index (χ1) is 11.1. The van der Waals surface area contributed by atoms with Crippen molar-refractivity contribution in [2.75, 3.05) is 7.11 Å². The monoisotopic (exact) mass is 330 g/mol. The van der Waals surface area contributed by atoms with Crippen molar-refractivity contribution in [1.82, 2.24) is 0 Å². The van der Waals surface area contributed by atoms with E-state index >= 15 is 0 Å². The van der Waals surface area contributed by atoms with E-state index in [9.17, 15) is 9.59 Å². The van der Waals surface area contributed by atoms with Crippen LogP contribution in [0.2, 0.25) is 0 Å². The van der Waals surface area contributed by atoms with Gasteiger partial charge < -0.3 is 13.9 Å². The van der Waals surface area contributed by atoms with Gasteiger partial charge in [-0.1, -0.05) is 6.07 Å². The lowest BCUT2D eigenvalue weighted by Gasteiger charge is -2.12. The number of carbonyl (C=O) groups is 1. The predicted molar refractivity (Wildman–Crippen MR) is 87.9 cm³/mol. The molecule has 118 valence electrons. The molecule has 0 spiro atoms. The second-order valence-corrected chi connectivity index (χ2v) is 5.86. The Labute approximate surface area is 136 Å². The number of carbonyl (C=O) groups excluding carboxylic acids is 1. The average Bonchev–Trinajstić information content (AvgIpc) is 3.07. The number of hydrogen-bond donors (Lipinski definition) is 0. The van der Waals surface area contributed by atoms with E-state index < -0.39 is 17.7 Å². The number of methoxy groups -OCH3 is 1. The maximum Gasteiger partial charge on any atom is 0.346 e. The topological polar surface area (TPSA) is 65.7 Å². The zero-order valence-electron chi connectivity index (χ0n) is 12.6. The summed E-state index contributed by atoms with van der Waals surface area (Å²) in [4.78, 5) is 24.4. The third kappa shape index (κ3) is 3.12. The van der Waals surface area contributed by atoms with Gasteiger partial charge in [-0.3, -0.25) is 0 Å². The predicted octanol–water partition coefficient (Wildman–Crippen LogP) is 3.46. The van der Waals surface area contributed by atoms with Crippen molar-refractivity contribution in [1.29, 1.82) is 0 Å². The van der Waals surface area contributed by atoms with Crippen LogP contribution in [-0.2, 0) is 9.53 Å². The standard InChI is InChI=1S/C17H14O5S/c1-10(16(18)20-2)21-12-6-5-11-8-13(15-4-3-7-23-15)17(19)22-14(11)9-12/h3-10H,1-2H3. The minimum absolute atomic E-state index is 0.405. The van der Waals surface area contributed by atoms with E-state index in [4.69, 9.17) is 9.15 Å². The van der Waals surface area contributed by atoms with Crippen LogP contribution in [0.25, 0.3) is 21.4 Å². The van der Waals surface area contributed by atoms with Crippen LogP contribution in [0.1, 0.15) is 6.92 Å². The molecule has 0 fully saturated rings. The van der Waals surface area contributed by atoms with E-state index in [1.165, 1.54) is 18.4 Å². The van der Waals surface area contributed by atoms with Crippen molar-refractivity contribution >= 4 is 28.3 Å². The van der Waals surface area contributed by atoms with Crippen LogP contribution in [0.15, 0.2) is 51.0 Å². The van der Waals surface area contributed by atoms with Gasteiger partial charge in [0, 0.05) is 16.3 Å². The third-order valence-corrected chi connectivity index (χ3v) is 4.24. The van der Waals surface area contributed by atoms with E-state index in [2.05, 4.69) is 4.74 Å². The molecule has 0 bridgehead atoms. The van der Waals surface area contributed by atoms with E-state index in [-0.39, 0.29) is 0 Å². The van der Waals surface area contributed by atoms with Crippen molar-refractivity contribution in [3.8, 4) is 16.2 Å². The molecule has 23 heavy (non-hydrogen) atoms. The zero-order valence-corrected chi connectivity index (χ0v) is 13.4. The van der Waals surface area contributed by atoms with Gasteiger partial charge in [0.2, 0.25) is 0 Å². The number of fused-ring (bicyclic) bond motifs is 1. The molecule has 0 aliphatic carbocycles. The molecule has 6 heteroatoms. The third-order valence-electron chi connectivity index (χ3n) is 3.34. The largest absolute Gasteiger partial charge is 0.479 e. The summed E-state index contributed by atoms with van der Waals surface area (Å²) in [5, 5.41) is 2.69. The van der Waals surface area contributed by atoms with Crippen LogP contribution < -0.4 is 10.4 Å². The highest BCUT2D eigenvalue weighted by atomic mass is 32.1. The first kappa shape index (κ1) is 15.3. The Balaban J connectivity index is 1.97. The van der Waals surface area contributed by atoms with Crippen LogP contribution in [0, 0.1) is 0 Å². The molecule has 5 nitrogen and oxygen atoms in total. The Kier molecular flexibility index (Phi) is 4.16. The van der Waals surface area contributed by atoms with Crippen molar-refractivity contribution in [2.45, 2.75) is 13.0 Å². The van der Waals surface area contributed by atoms with E-state index in [1.54, 1.807) is 31.2 Å². The number of ether oxygens (including phenoxy) is 2. The van der Waals surface area contributed by atoms with Crippen LogP contribution in [0.5, 0.6) is 5.75 Å².